The zero-order valence-corrected chi connectivity index (χ0v) is 82.3. The van der Waals surface area contributed by atoms with Crippen LogP contribution in [0.2, 0.25) is 0 Å². The fourth-order valence-electron chi connectivity index (χ4n) is 21.9. The van der Waals surface area contributed by atoms with Crippen LogP contribution in [0.15, 0.2) is 558 Å². The molecule has 0 radical (unpaired) electrons. The molecule has 0 amide bonds. The number of aromatic nitrogens is 6. The fourth-order valence-corrected chi connectivity index (χ4v) is 21.9. The van der Waals surface area contributed by atoms with E-state index < -0.39 is 5.41 Å². The molecule has 0 saturated carbocycles. The predicted octanol–water partition coefficient (Wildman–Crippen LogP) is 37.2. The zero-order valence-electron chi connectivity index (χ0n) is 82.3. The molecule has 3 aromatic heterocycles. The van der Waals surface area contributed by atoms with Gasteiger partial charge in [0.2, 0.25) is 0 Å². The van der Waals surface area contributed by atoms with Gasteiger partial charge in [0, 0.05) is 50.1 Å². The summed E-state index contributed by atoms with van der Waals surface area (Å²) in [7, 11) is 0. The number of hydrogen-bond donors (Lipinski definition) is 0. The number of fused-ring (bicyclic) bond motifs is 10. The standard InChI is InChI=1S/C58H40N2.C47H32N2.C38H26N2/c1-37-31-44(27-29-46(37)54-34-41-17-6-8-21-48(41)50-23-10-12-25-52(50)54)57-36-56(43-20-14-19-40(33-43)39-15-4-3-5-16-39)59-58(60-57)45-28-30-47(38(2)32-45)55-35-42-18-7-9-22-49(42)51-24-11-13-26-53(51)55;1-5-15-34(16-6-1)44-32-45(49-46(48-44)36-17-7-2-8-18-36)35-27-25-33(26-28-35)37-29-30-41-40-23-13-14-24-42(40)47(43(41)31-37,38-19-9-3-10-20-38)39-21-11-4-12-22-39;1-3-11-27(12-4-1)32-17-9-18-33(25-32)37-26-36(39-38(40-37)31-14-5-2-6-15-31)30-23-21-29(22-24-30)35-20-10-16-28-13-7-8-19-34(28)35/h3-36H,1-2H3;1-32H;1-26H. The Hall–Kier alpha value is -19.4. The van der Waals surface area contributed by atoms with Crippen molar-refractivity contribution in [2.45, 2.75) is 19.3 Å². The number of rotatable bonds is 17. The molecule has 0 spiro atoms. The molecule has 0 N–H and O–H groups in total. The van der Waals surface area contributed by atoms with E-state index >= 15 is 0 Å². The summed E-state index contributed by atoms with van der Waals surface area (Å²) < 4.78 is 0. The van der Waals surface area contributed by atoms with E-state index in [9.17, 15) is 0 Å². The van der Waals surface area contributed by atoms with E-state index in [-0.39, 0.29) is 0 Å². The van der Waals surface area contributed by atoms with Crippen molar-refractivity contribution >= 4 is 53.9 Å². The minimum absolute atomic E-state index is 0.424. The SMILES string of the molecule is Cc1cc(-c2cc(-c3cccc(-c4ccccc4)c3)nc(-c3ccc(-c4cc5ccccc5c5ccccc45)c(C)c3)n2)ccc1-c1cc2ccccc2c2ccccc12.c1ccc(-c2cc(-c3ccc(-c4ccc5c(c4)C(c4ccccc4)(c4ccccc4)c4ccccc4-5)cc3)nc(-c3ccccc3)n2)cc1.c1ccc(-c2cccc(-c3cc(-c4ccc(-c5cccc6ccccc56)cc4)nc(-c4ccccc4)n3)c2)cc1. The van der Waals surface area contributed by atoms with Crippen LogP contribution in [0.25, 0.3) is 233 Å². The maximum Gasteiger partial charge on any atom is 0.160 e. The monoisotopic (exact) mass is 1900 g/mol. The lowest BCUT2D eigenvalue weighted by Crippen LogP contribution is -2.28. The number of nitrogens with zero attached hydrogens (tertiary/aromatic N) is 6. The average Bonchev–Trinajstić information content (AvgIpc) is 1.54. The van der Waals surface area contributed by atoms with Gasteiger partial charge in [-0.15, -0.1) is 0 Å². The second kappa shape index (κ2) is 40.1. The Morgan fingerprint density at radius 3 is 0.879 bits per heavy atom. The summed E-state index contributed by atoms with van der Waals surface area (Å²) in [5.41, 5.74) is 38.8. The summed E-state index contributed by atoms with van der Waals surface area (Å²) in [4.78, 5) is 30.7. The van der Waals surface area contributed by atoms with E-state index in [1.807, 2.05) is 60.7 Å². The largest absolute Gasteiger partial charge is 0.228 e. The molecule has 0 bridgehead atoms. The van der Waals surface area contributed by atoms with Gasteiger partial charge in [-0.25, -0.2) is 29.9 Å². The molecule has 6 heteroatoms. The average molecular weight is 1900 g/mol. The van der Waals surface area contributed by atoms with Crippen LogP contribution in [0.1, 0.15) is 33.4 Å². The minimum atomic E-state index is -0.424. The van der Waals surface area contributed by atoms with Crippen LogP contribution in [-0.4, -0.2) is 29.9 Å². The minimum Gasteiger partial charge on any atom is -0.228 e. The van der Waals surface area contributed by atoms with E-state index in [1.54, 1.807) is 0 Å². The molecule has 0 aliphatic heterocycles. The maximum absolute atomic E-state index is 5.34. The molecule has 1 aliphatic rings. The predicted molar refractivity (Wildman–Crippen MR) is 622 cm³/mol. The first-order chi connectivity index (χ1) is 73.7. The Morgan fingerprint density at radius 1 is 0.134 bits per heavy atom. The van der Waals surface area contributed by atoms with Crippen molar-refractivity contribution in [3.8, 4) is 180 Å². The topological polar surface area (TPSA) is 77.3 Å². The van der Waals surface area contributed by atoms with Gasteiger partial charge in [0.05, 0.1) is 39.6 Å². The van der Waals surface area contributed by atoms with Crippen LogP contribution < -0.4 is 0 Å². The highest BCUT2D eigenvalue weighted by atomic mass is 14.9. The van der Waals surface area contributed by atoms with Crippen molar-refractivity contribution in [3.63, 3.8) is 0 Å². The highest BCUT2D eigenvalue weighted by Crippen LogP contribution is 2.57. The van der Waals surface area contributed by atoms with Crippen LogP contribution in [0, 0.1) is 13.8 Å². The Labute approximate surface area is 867 Å². The van der Waals surface area contributed by atoms with Crippen molar-refractivity contribution in [2.24, 2.45) is 0 Å². The quantitative estimate of drug-likeness (QED) is 0.0846. The molecular formula is C143H98N6. The molecule has 26 aromatic rings. The van der Waals surface area contributed by atoms with Crippen molar-refractivity contribution in [1.82, 2.24) is 29.9 Å². The van der Waals surface area contributed by atoms with Gasteiger partial charge in [-0.1, -0.05) is 497 Å². The summed E-state index contributed by atoms with van der Waals surface area (Å²) in [5, 5.41) is 12.6. The summed E-state index contributed by atoms with van der Waals surface area (Å²) >= 11 is 0. The van der Waals surface area contributed by atoms with Crippen molar-refractivity contribution in [2.75, 3.05) is 0 Å². The number of aryl methyl sites for hydroxylation is 2. The third-order valence-corrected chi connectivity index (χ3v) is 29.2. The summed E-state index contributed by atoms with van der Waals surface area (Å²) in [6, 6.07) is 199. The van der Waals surface area contributed by atoms with E-state index in [2.05, 4.69) is 511 Å². The Balaban J connectivity index is 0.000000118. The molecule has 0 unspecified atom stereocenters. The van der Waals surface area contributed by atoms with Crippen molar-refractivity contribution in [3.05, 3.63) is 591 Å². The summed E-state index contributed by atoms with van der Waals surface area (Å²) in [6.45, 7) is 4.42. The van der Waals surface area contributed by atoms with Crippen LogP contribution in [0.3, 0.4) is 0 Å². The van der Waals surface area contributed by atoms with Crippen molar-refractivity contribution < 1.29 is 0 Å². The van der Waals surface area contributed by atoms with Crippen LogP contribution >= 0.6 is 0 Å². The van der Waals surface area contributed by atoms with Gasteiger partial charge in [0.15, 0.2) is 17.5 Å². The lowest BCUT2D eigenvalue weighted by atomic mass is 9.67. The van der Waals surface area contributed by atoms with Crippen LogP contribution in [0.5, 0.6) is 0 Å². The summed E-state index contributed by atoms with van der Waals surface area (Å²) in [6.07, 6.45) is 0. The second-order valence-corrected chi connectivity index (χ2v) is 38.3. The molecule has 149 heavy (non-hydrogen) atoms. The van der Waals surface area contributed by atoms with Gasteiger partial charge in [-0.05, 0) is 240 Å². The molecule has 1 aliphatic carbocycles. The molecule has 0 atom stereocenters. The lowest BCUT2D eigenvalue weighted by molar-refractivity contribution is 0.769. The second-order valence-electron chi connectivity index (χ2n) is 38.3. The first kappa shape index (κ1) is 90.8. The van der Waals surface area contributed by atoms with Gasteiger partial charge in [-0.3, -0.25) is 0 Å². The van der Waals surface area contributed by atoms with E-state index in [4.69, 9.17) is 29.9 Å². The Morgan fingerprint density at radius 2 is 0.409 bits per heavy atom. The van der Waals surface area contributed by atoms with Gasteiger partial charge < -0.3 is 0 Å². The third-order valence-electron chi connectivity index (χ3n) is 29.2. The van der Waals surface area contributed by atoms with E-state index in [1.165, 1.54) is 154 Å². The summed E-state index contributed by atoms with van der Waals surface area (Å²) in [5.74, 6) is 2.14. The smallest absolute Gasteiger partial charge is 0.160 e. The van der Waals surface area contributed by atoms with Crippen molar-refractivity contribution in [1.29, 1.82) is 0 Å². The molecular weight excluding hydrogens is 1800 g/mol. The third kappa shape index (κ3) is 17.9. The molecule has 0 fully saturated rings. The Kier molecular flexibility index (Phi) is 24.4. The van der Waals surface area contributed by atoms with Crippen LogP contribution in [0.4, 0.5) is 0 Å². The molecule has 6 nitrogen and oxygen atoms in total. The van der Waals surface area contributed by atoms with Gasteiger partial charge in [-0.2, -0.15) is 0 Å². The van der Waals surface area contributed by atoms with Gasteiger partial charge in [0.25, 0.3) is 0 Å². The number of benzene rings is 23. The maximum atomic E-state index is 5.34. The first-order valence-electron chi connectivity index (χ1n) is 50.9. The van der Waals surface area contributed by atoms with Gasteiger partial charge in [0.1, 0.15) is 0 Å². The Bertz CT molecular complexity index is 9200. The highest BCUT2D eigenvalue weighted by Gasteiger charge is 2.46. The highest BCUT2D eigenvalue weighted by molar-refractivity contribution is 6.16. The normalized spacial score (nSPS) is 11.7. The molecule has 700 valence electrons. The first-order valence-corrected chi connectivity index (χ1v) is 50.9. The molecule has 23 aromatic carbocycles. The lowest BCUT2D eigenvalue weighted by Gasteiger charge is -2.34. The zero-order chi connectivity index (χ0) is 99.5. The van der Waals surface area contributed by atoms with E-state index in [0.717, 1.165) is 107 Å². The fraction of sp³-hybridized carbons (Fsp3) is 0.0210. The van der Waals surface area contributed by atoms with Crippen LogP contribution in [-0.2, 0) is 5.41 Å². The van der Waals surface area contributed by atoms with E-state index in [0.29, 0.717) is 5.82 Å². The molecule has 3 heterocycles. The molecule has 27 rings (SSSR count). The van der Waals surface area contributed by atoms with Gasteiger partial charge >= 0.3 is 0 Å². The number of hydrogen-bond acceptors (Lipinski definition) is 6. The molecule has 0 saturated heterocycles.